The number of nitrogens with zero attached hydrogens (tertiary/aromatic N) is 4. The number of hydrogen-bond donors (Lipinski definition) is 1. The molecule has 0 saturated carbocycles. The van der Waals surface area contributed by atoms with Crippen LogP contribution in [-0.2, 0) is 6.54 Å². The second-order valence-corrected chi connectivity index (χ2v) is 4.62. The Balaban J connectivity index is 1.77. The van der Waals surface area contributed by atoms with Crippen molar-refractivity contribution < 1.29 is 4.52 Å². The van der Waals surface area contributed by atoms with Gasteiger partial charge in [0.05, 0.1) is 30.8 Å². The maximum atomic E-state index is 5.16. The van der Waals surface area contributed by atoms with Crippen molar-refractivity contribution in [3.05, 3.63) is 29.4 Å². The highest BCUT2D eigenvalue weighted by Gasteiger charge is 2.14. The van der Waals surface area contributed by atoms with Crippen LogP contribution in [0.4, 0.5) is 5.69 Å². The Kier molecular flexibility index (Phi) is 2.79. The molecular weight excluding hydrogens is 230 g/mol. The third kappa shape index (κ3) is 1.99. The van der Waals surface area contributed by atoms with Gasteiger partial charge < -0.3 is 9.42 Å². The molecule has 2 aromatic rings. The zero-order valence-corrected chi connectivity index (χ0v) is 10.7. The van der Waals surface area contributed by atoms with Gasteiger partial charge >= 0.3 is 0 Å². The summed E-state index contributed by atoms with van der Waals surface area (Å²) in [5.41, 5.74) is 3.21. The summed E-state index contributed by atoms with van der Waals surface area (Å²) in [6, 6.07) is 0. The first-order chi connectivity index (χ1) is 8.74. The maximum absolute atomic E-state index is 5.16. The van der Waals surface area contributed by atoms with Crippen molar-refractivity contribution in [2.45, 2.75) is 20.4 Å². The topological polar surface area (TPSA) is 59.1 Å². The van der Waals surface area contributed by atoms with Gasteiger partial charge in [0.25, 0.3) is 0 Å². The van der Waals surface area contributed by atoms with Gasteiger partial charge in [-0.3, -0.25) is 10.00 Å². The first-order valence-electron chi connectivity index (χ1n) is 6.14. The number of hydrogen-bond acceptors (Lipinski definition) is 5. The van der Waals surface area contributed by atoms with Crippen LogP contribution in [0.1, 0.15) is 17.0 Å². The molecular formula is C12H17N5O. The van der Waals surface area contributed by atoms with Gasteiger partial charge in [-0.2, -0.15) is 5.10 Å². The van der Waals surface area contributed by atoms with Gasteiger partial charge in [-0.1, -0.05) is 5.16 Å². The summed E-state index contributed by atoms with van der Waals surface area (Å²) in [5, 5.41) is 11.7. The summed E-state index contributed by atoms with van der Waals surface area (Å²) < 4.78 is 7.09. The molecule has 0 atom stereocenters. The fraction of sp³-hybridized carbons (Fsp3) is 0.500. The van der Waals surface area contributed by atoms with Gasteiger partial charge in [-0.15, -0.1) is 0 Å². The van der Waals surface area contributed by atoms with E-state index in [1.165, 1.54) is 0 Å². The molecule has 96 valence electrons. The summed E-state index contributed by atoms with van der Waals surface area (Å²) in [6.07, 6.45) is 3.98. The Hall–Kier alpha value is -1.82. The molecule has 1 fully saturated rings. The number of aryl methyl sites for hydroxylation is 2. The van der Waals surface area contributed by atoms with Crippen LogP contribution in [0.2, 0.25) is 0 Å². The number of nitrogens with one attached hydrogen (secondary N) is 1. The van der Waals surface area contributed by atoms with E-state index in [0.717, 1.165) is 42.5 Å². The normalized spacial score (nSPS) is 15.6. The highest BCUT2D eigenvalue weighted by molar-refractivity contribution is 5.43. The number of aromatic nitrogens is 3. The predicted molar refractivity (Wildman–Crippen MR) is 67.5 cm³/mol. The Morgan fingerprint density at radius 1 is 1.44 bits per heavy atom. The fourth-order valence-electron chi connectivity index (χ4n) is 2.22. The molecule has 6 heteroatoms. The number of rotatable bonds is 3. The molecule has 1 saturated heterocycles. The zero-order chi connectivity index (χ0) is 12.5. The Bertz CT molecular complexity index is 519. The van der Waals surface area contributed by atoms with Gasteiger partial charge in [0, 0.05) is 24.8 Å². The van der Waals surface area contributed by atoms with Crippen molar-refractivity contribution >= 4 is 5.69 Å². The molecule has 0 aliphatic carbocycles. The summed E-state index contributed by atoms with van der Waals surface area (Å²) in [7, 11) is 0. The SMILES string of the molecule is Cc1noc(C)c1Cn1cc(N2CCNC2)cn1. The van der Waals surface area contributed by atoms with Crippen LogP contribution >= 0.6 is 0 Å². The summed E-state index contributed by atoms with van der Waals surface area (Å²) in [6.45, 7) is 7.58. The van der Waals surface area contributed by atoms with Crippen molar-refractivity contribution in [3.8, 4) is 0 Å². The first-order valence-corrected chi connectivity index (χ1v) is 6.14. The molecule has 2 aromatic heterocycles. The summed E-state index contributed by atoms with van der Waals surface area (Å²) in [5.74, 6) is 0.868. The molecule has 3 heterocycles. The minimum atomic E-state index is 0.711. The Morgan fingerprint density at radius 2 is 2.33 bits per heavy atom. The molecule has 0 spiro atoms. The first kappa shape index (κ1) is 11.3. The standard InChI is InChI=1S/C12H17N5O/c1-9-12(10(2)18-15-9)7-17-6-11(5-14-17)16-4-3-13-8-16/h5-6,13H,3-4,7-8H2,1-2H3. The van der Waals surface area contributed by atoms with E-state index in [1.807, 2.05) is 24.7 Å². The molecule has 18 heavy (non-hydrogen) atoms. The van der Waals surface area contributed by atoms with E-state index < -0.39 is 0 Å². The van der Waals surface area contributed by atoms with Gasteiger partial charge in [0.1, 0.15) is 5.76 Å². The lowest BCUT2D eigenvalue weighted by Gasteiger charge is -2.12. The van der Waals surface area contributed by atoms with Crippen LogP contribution in [0.5, 0.6) is 0 Å². The van der Waals surface area contributed by atoms with Crippen LogP contribution < -0.4 is 10.2 Å². The highest BCUT2D eigenvalue weighted by Crippen LogP contribution is 2.17. The fourth-order valence-corrected chi connectivity index (χ4v) is 2.22. The smallest absolute Gasteiger partial charge is 0.138 e. The quantitative estimate of drug-likeness (QED) is 0.873. The Morgan fingerprint density at radius 3 is 3.00 bits per heavy atom. The van der Waals surface area contributed by atoms with E-state index in [1.54, 1.807) is 0 Å². The van der Waals surface area contributed by atoms with E-state index in [0.29, 0.717) is 6.54 Å². The van der Waals surface area contributed by atoms with Crippen molar-refractivity contribution in [2.75, 3.05) is 24.7 Å². The predicted octanol–water partition coefficient (Wildman–Crippen LogP) is 0.903. The van der Waals surface area contributed by atoms with Gasteiger partial charge in [0.15, 0.2) is 0 Å². The van der Waals surface area contributed by atoms with E-state index >= 15 is 0 Å². The maximum Gasteiger partial charge on any atom is 0.138 e. The molecule has 0 unspecified atom stereocenters. The third-order valence-corrected chi connectivity index (χ3v) is 3.35. The van der Waals surface area contributed by atoms with Crippen LogP contribution in [0, 0.1) is 13.8 Å². The lowest BCUT2D eigenvalue weighted by molar-refractivity contribution is 0.391. The largest absolute Gasteiger partial charge is 0.361 e. The van der Waals surface area contributed by atoms with Crippen molar-refractivity contribution in [3.63, 3.8) is 0 Å². The average Bonchev–Trinajstić information content (AvgIpc) is 3.06. The molecule has 0 bridgehead atoms. The van der Waals surface area contributed by atoms with Crippen molar-refractivity contribution in [1.29, 1.82) is 0 Å². The molecule has 0 radical (unpaired) electrons. The lowest BCUT2D eigenvalue weighted by Crippen LogP contribution is -2.20. The summed E-state index contributed by atoms with van der Waals surface area (Å²) in [4.78, 5) is 2.27. The third-order valence-electron chi connectivity index (χ3n) is 3.35. The summed E-state index contributed by atoms with van der Waals surface area (Å²) >= 11 is 0. The monoisotopic (exact) mass is 247 g/mol. The molecule has 1 aliphatic heterocycles. The van der Waals surface area contributed by atoms with E-state index in [4.69, 9.17) is 4.52 Å². The van der Waals surface area contributed by atoms with Crippen LogP contribution in [0.3, 0.4) is 0 Å². The van der Waals surface area contributed by atoms with E-state index in [-0.39, 0.29) is 0 Å². The molecule has 6 nitrogen and oxygen atoms in total. The van der Waals surface area contributed by atoms with Gasteiger partial charge in [-0.25, -0.2) is 0 Å². The van der Waals surface area contributed by atoms with Crippen LogP contribution in [0.25, 0.3) is 0 Å². The van der Waals surface area contributed by atoms with E-state index in [9.17, 15) is 0 Å². The highest BCUT2D eigenvalue weighted by atomic mass is 16.5. The average molecular weight is 247 g/mol. The Labute approximate surface area is 106 Å². The van der Waals surface area contributed by atoms with Gasteiger partial charge in [-0.05, 0) is 13.8 Å². The molecule has 0 aromatic carbocycles. The second-order valence-electron chi connectivity index (χ2n) is 4.62. The second kappa shape index (κ2) is 4.45. The zero-order valence-electron chi connectivity index (χ0n) is 10.7. The lowest BCUT2D eigenvalue weighted by atomic mass is 10.2. The molecule has 1 aliphatic rings. The minimum Gasteiger partial charge on any atom is -0.361 e. The number of anilines is 1. The van der Waals surface area contributed by atoms with Crippen molar-refractivity contribution in [2.24, 2.45) is 0 Å². The van der Waals surface area contributed by atoms with E-state index in [2.05, 4.69) is 26.7 Å². The van der Waals surface area contributed by atoms with Crippen LogP contribution in [0.15, 0.2) is 16.9 Å². The molecule has 0 amide bonds. The van der Waals surface area contributed by atoms with Crippen molar-refractivity contribution in [1.82, 2.24) is 20.3 Å². The molecule has 1 N–H and O–H groups in total. The minimum absolute atomic E-state index is 0.711. The van der Waals surface area contributed by atoms with Gasteiger partial charge in [0.2, 0.25) is 0 Å². The van der Waals surface area contributed by atoms with Crippen LogP contribution in [-0.4, -0.2) is 34.7 Å². The molecule has 3 rings (SSSR count).